The fraction of sp³-hybridized carbons (Fsp3) is 0.174. The third-order valence-corrected chi connectivity index (χ3v) is 6.51. The summed E-state index contributed by atoms with van der Waals surface area (Å²) in [7, 11) is -4.10. The zero-order valence-electron chi connectivity index (χ0n) is 16.9. The number of carboxylic acids is 1. The average molecular weight is 444 g/mol. The van der Waals surface area contributed by atoms with Crippen molar-refractivity contribution in [2.45, 2.75) is 36.5 Å². The number of halogens is 1. The highest BCUT2D eigenvalue weighted by Crippen LogP contribution is 2.36. The molecule has 2 N–H and O–H groups in total. The third-order valence-electron chi connectivity index (χ3n) is 4.71. The summed E-state index contributed by atoms with van der Waals surface area (Å²) in [5, 5.41) is 19.0. The highest BCUT2D eigenvalue weighted by atomic mass is 32.2. The van der Waals surface area contributed by atoms with Crippen molar-refractivity contribution in [2.75, 3.05) is 0 Å². The molecule has 0 radical (unpaired) electrons. The first-order chi connectivity index (χ1) is 14.6. The molecule has 0 aromatic heterocycles. The molecule has 0 bridgehead atoms. The van der Waals surface area contributed by atoms with Crippen molar-refractivity contribution in [2.24, 2.45) is 0 Å². The molecule has 0 amide bonds. The number of hydrogen-bond donors (Lipinski definition) is 2. The normalized spacial score (nSPS) is 11.3. The quantitative estimate of drug-likeness (QED) is 0.508. The molecule has 0 heterocycles. The number of rotatable bonds is 7. The molecule has 3 aromatic carbocycles. The first-order valence-electron chi connectivity index (χ1n) is 9.41. The van der Waals surface area contributed by atoms with Gasteiger partial charge in [-0.1, -0.05) is 12.1 Å². The lowest BCUT2D eigenvalue weighted by atomic mass is 10.0. The van der Waals surface area contributed by atoms with Gasteiger partial charge in [-0.05, 0) is 73.4 Å². The summed E-state index contributed by atoms with van der Waals surface area (Å²) < 4.78 is 44.9. The van der Waals surface area contributed by atoms with Crippen molar-refractivity contribution in [1.82, 2.24) is 0 Å². The van der Waals surface area contributed by atoms with Gasteiger partial charge in [0.2, 0.25) is 9.84 Å². The van der Waals surface area contributed by atoms with Crippen LogP contribution in [-0.2, 0) is 21.1 Å². The second-order valence-electron chi connectivity index (χ2n) is 7.14. The Morgan fingerprint density at radius 3 is 2.19 bits per heavy atom. The monoisotopic (exact) mass is 444 g/mol. The van der Waals surface area contributed by atoms with Crippen LogP contribution >= 0.6 is 0 Å². The molecule has 8 heteroatoms. The van der Waals surface area contributed by atoms with E-state index < -0.39 is 27.4 Å². The number of carbonyl (C=O) groups is 1. The summed E-state index contributed by atoms with van der Waals surface area (Å²) in [6.07, 6.45) is 0.401. The van der Waals surface area contributed by atoms with Crippen LogP contribution in [0, 0.1) is 19.7 Å². The smallest absolute Gasteiger partial charge is 0.303 e. The number of carboxylic acid groups (broad SMARTS) is 1. The predicted molar refractivity (Wildman–Crippen MR) is 112 cm³/mol. The van der Waals surface area contributed by atoms with E-state index in [1.165, 1.54) is 18.2 Å². The third kappa shape index (κ3) is 5.03. The Balaban J connectivity index is 1.94. The molecule has 0 aliphatic carbocycles. The van der Waals surface area contributed by atoms with E-state index in [0.29, 0.717) is 12.2 Å². The van der Waals surface area contributed by atoms with Crippen LogP contribution in [0.1, 0.15) is 23.1 Å². The molecule has 3 rings (SSSR count). The van der Waals surface area contributed by atoms with Crippen molar-refractivity contribution < 1.29 is 32.6 Å². The minimum absolute atomic E-state index is 0.0155. The van der Waals surface area contributed by atoms with Crippen molar-refractivity contribution in [1.29, 1.82) is 0 Å². The largest absolute Gasteiger partial charge is 0.507 e. The Bertz CT molecular complexity index is 1210. The molecule has 0 saturated heterocycles. The number of aromatic hydroxyl groups is 1. The molecular formula is C23H21FO6S. The maximum absolute atomic E-state index is 13.2. The minimum atomic E-state index is -4.10. The molecule has 0 unspecified atom stereocenters. The number of phenolic OH excluding ortho intramolecular Hbond substituents is 1. The van der Waals surface area contributed by atoms with Gasteiger partial charge in [0.15, 0.2) is 0 Å². The van der Waals surface area contributed by atoms with E-state index in [1.807, 2.05) is 26.0 Å². The molecule has 31 heavy (non-hydrogen) atoms. The lowest BCUT2D eigenvalue weighted by Gasteiger charge is -2.15. The van der Waals surface area contributed by atoms with Gasteiger partial charge in [-0.2, -0.15) is 0 Å². The van der Waals surface area contributed by atoms with Crippen LogP contribution in [0.3, 0.4) is 0 Å². The Hall–Kier alpha value is -3.39. The molecule has 0 aliphatic heterocycles. The minimum Gasteiger partial charge on any atom is -0.507 e. The van der Waals surface area contributed by atoms with Crippen LogP contribution in [0.4, 0.5) is 4.39 Å². The van der Waals surface area contributed by atoms with Gasteiger partial charge in [0, 0.05) is 12.5 Å². The molecule has 0 spiro atoms. The summed E-state index contributed by atoms with van der Waals surface area (Å²) >= 11 is 0. The first-order valence-corrected chi connectivity index (χ1v) is 10.9. The second kappa shape index (κ2) is 8.77. The molecule has 0 fully saturated rings. The van der Waals surface area contributed by atoms with Gasteiger partial charge in [-0.25, -0.2) is 12.8 Å². The summed E-state index contributed by atoms with van der Waals surface area (Å²) in [5.41, 5.74) is 2.38. The van der Waals surface area contributed by atoms with Gasteiger partial charge < -0.3 is 14.9 Å². The van der Waals surface area contributed by atoms with Gasteiger partial charge in [0.05, 0.1) is 4.90 Å². The fourth-order valence-electron chi connectivity index (χ4n) is 3.23. The summed E-state index contributed by atoms with van der Waals surface area (Å²) in [4.78, 5) is 10.3. The Morgan fingerprint density at radius 2 is 1.61 bits per heavy atom. The van der Waals surface area contributed by atoms with Crippen LogP contribution in [0.5, 0.6) is 17.2 Å². The van der Waals surface area contributed by atoms with E-state index in [-0.39, 0.29) is 22.0 Å². The molecule has 0 saturated carbocycles. The van der Waals surface area contributed by atoms with Gasteiger partial charge in [0.1, 0.15) is 28.0 Å². The van der Waals surface area contributed by atoms with Gasteiger partial charge in [-0.3, -0.25) is 4.79 Å². The maximum atomic E-state index is 13.2. The highest BCUT2D eigenvalue weighted by molar-refractivity contribution is 7.91. The van der Waals surface area contributed by atoms with Crippen molar-refractivity contribution in [3.63, 3.8) is 0 Å². The molecule has 6 nitrogen and oxygen atoms in total. The molecule has 162 valence electrons. The van der Waals surface area contributed by atoms with E-state index in [9.17, 15) is 22.7 Å². The fourth-order valence-corrected chi connectivity index (χ4v) is 4.59. The Kier molecular flexibility index (Phi) is 6.31. The first kappa shape index (κ1) is 22.3. The van der Waals surface area contributed by atoms with E-state index >= 15 is 0 Å². The van der Waals surface area contributed by atoms with E-state index in [0.717, 1.165) is 41.0 Å². The number of ether oxygens (including phenoxy) is 1. The van der Waals surface area contributed by atoms with Gasteiger partial charge in [-0.15, -0.1) is 0 Å². The lowest BCUT2D eigenvalue weighted by Crippen LogP contribution is -2.03. The number of sulfone groups is 1. The number of phenols is 1. The van der Waals surface area contributed by atoms with E-state index in [1.54, 1.807) is 0 Å². The predicted octanol–water partition coefficient (Wildman–Crippen LogP) is 4.79. The number of aryl methyl sites for hydroxylation is 3. The molecule has 3 aromatic rings. The Labute approximate surface area is 179 Å². The SMILES string of the molecule is Cc1cc(CCC(=O)O)cc(C)c1Oc1ccc(O)c(S(=O)(=O)c2ccc(F)cc2)c1. The van der Waals surface area contributed by atoms with Crippen LogP contribution in [0.2, 0.25) is 0 Å². The van der Waals surface area contributed by atoms with Crippen LogP contribution in [0.25, 0.3) is 0 Å². The number of aliphatic carboxylic acids is 1. The zero-order valence-corrected chi connectivity index (χ0v) is 17.7. The van der Waals surface area contributed by atoms with Gasteiger partial charge >= 0.3 is 5.97 Å². The van der Waals surface area contributed by atoms with E-state index in [2.05, 4.69) is 0 Å². The molecule has 0 atom stereocenters. The molecular weight excluding hydrogens is 423 g/mol. The van der Waals surface area contributed by atoms with Gasteiger partial charge in [0.25, 0.3) is 0 Å². The summed E-state index contributed by atoms with van der Waals surface area (Å²) in [5.74, 6) is -1.19. The second-order valence-corrected chi connectivity index (χ2v) is 9.06. The Morgan fingerprint density at radius 1 is 1.00 bits per heavy atom. The lowest BCUT2D eigenvalue weighted by molar-refractivity contribution is -0.136. The van der Waals surface area contributed by atoms with Crippen molar-refractivity contribution >= 4 is 15.8 Å². The average Bonchev–Trinajstić information content (AvgIpc) is 2.70. The van der Waals surface area contributed by atoms with E-state index in [4.69, 9.17) is 9.84 Å². The van der Waals surface area contributed by atoms with Crippen LogP contribution in [-0.4, -0.2) is 24.6 Å². The molecule has 0 aliphatic rings. The topological polar surface area (TPSA) is 101 Å². The van der Waals surface area contributed by atoms with Crippen LogP contribution < -0.4 is 4.74 Å². The zero-order chi connectivity index (χ0) is 22.8. The standard InChI is InChI=1S/C23H21FO6S/c1-14-11-16(3-10-22(26)27)12-15(2)23(14)30-18-6-9-20(25)21(13-18)31(28,29)19-7-4-17(24)5-8-19/h4-9,11-13,25H,3,10H2,1-2H3,(H,26,27). The summed E-state index contributed by atoms with van der Waals surface area (Å²) in [6, 6.07) is 11.8. The van der Waals surface area contributed by atoms with Crippen molar-refractivity contribution in [3.05, 3.63) is 77.1 Å². The number of benzene rings is 3. The summed E-state index contributed by atoms with van der Waals surface area (Å²) in [6.45, 7) is 3.62. The van der Waals surface area contributed by atoms with Crippen LogP contribution in [0.15, 0.2) is 64.4 Å². The maximum Gasteiger partial charge on any atom is 0.303 e. The number of hydrogen-bond acceptors (Lipinski definition) is 5. The van der Waals surface area contributed by atoms with Crippen molar-refractivity contribution in [3.8, 4) is 17.2 Å². The highest BCUT2D eigenvalue weighted by Gasteiger charge is 2.23.